The van der Waals surface area contributed by atoms with Crippen molar-refractivity contribution in [3.63, 3.8) is 0 Å². The summed E-state index contributed by atoms with van der Waals surface area (Å²) >= 11 is 1.49. The van der Waals surface area contributed by atoms with Crippen LogP contribution in [0.1, 0.15) is 17.7 Å². The number of carbonyl (C=O) groups excluding carboxylic acids is 1. The van der Waals surface area contributed by atoms with Crippen molar-refractivity contribution in [2.75, 3.05) is 19.6 Å². The molecule has 0 unspecified atom stereocenters. The summed E-state index contributed by atoms with van der Waals surface area (Å²) in [5.74, 6) is -0.0280. The van der Waals surface area contributed by atoms with Gasteiger partial charge in [-0.3, -0.25) is 9.20 Å². The number of imidazole rings is 1. The molecule has 2 aliphatic rings. The summed E-state index contributed by atoms with van der Waals surface area (Å²) in [6, 6.07) is 16.4. The van der Waals surface area contributed by atoms with Gasteiger partial charge in [0, 0.05) is 44.8 Å². The van der Waals surface area contributed by atoms with Crippen molar-refractivity contribution < 1.29 is 4.79 Å². The van der Waals surface area contributed by atoms with Gasteiger partial charge in [-0.05, 0) is 36.3 Å². The normalized spacial score (nSPS) is 15.1. The smallest absolute Gasteiger partial charge is 0.258 e. The molecule has 5 rings (SSSR count). The largest absolute Gasteiger partial charge is 0.372 e. The fourth-order valence-electron chi connectivity index (χ4n) is 3.84. The molecule has 0 bridgehead atoms. The molecule has 162 valence electrons. The molecule has 1 aromatic carbocycles. The second kappa shape index (κ2) is 9.36. The minimum absolute atomic E-state index is 0.0280. The van der Waals surface area contributed by atoms with Crippen molar-refractivity contribution in [3.8, 4) is 0 Å². The molecule has 4 heterocycles. The van der Waals surface area contributed by atoms with Gasteiger partial charge in [-0.25, -0.2) is 4.98 Å². The first-order valence-electron chi connectivity index (χ1n) is 10.8. The molecule has 0 radical (unpaired) electrons. The molecule has 0 saturated heterocycles. The third-order valence-electron chi connectivity index (χ3n) is 5.46. The Hall–Kier alpha value is -3.45. The van der Waals surface area contributed by atoms with Crippen molar-refractivity contribution in [2.45, 2.75) is 18.0 Å². The quantitative estimate of drug-likeness (QED) is 0.558. The lowest BCUT2D eigenvalue weighted by atomic mass is 10.2. The monoisotopic (exact) mass is 443 g/mol. The second-order valence-corrected chi connectivity index (χ2v) is 8.86. The zero-order chi connectivity index (χ0) is 21.8. The highest BCUT2D eigenvalue weighted by Gasteiger charge is 2.19. The van der Waals surface area contributed by atoms with Crippen LogP contribution in [0.5, 0.6) is 0 Å². The van der Waals surface area contributed by atoms with E-state index in [0.29, 0.717) is 11.4 Å². The number of carbonyl (C=O) groups is 1. The molecule has 1 N–H and O–H groups in total. The number of rotatable bonds is 7. The van der Waals surface area contributed by atoms with Crippen LogP contribution in [0.15, 0.2) is 89.3 Å². The fraction of sp³-hybridized carbons (Fsp3) is 0.200. The Labute approximate surface area is 191 Å². The van der Waals surface area contributed by atoms with Gasteiger partial charge in [0.15, 0.2) is 0 Å². The van der Waals surface area contributed by atoms with Gasteiger partial charge in [-0.1, -0.05) is 48.2 Å². The van der Waals surface area contributed by atoms with E-state index in [9.17, 15) is 4.79 Å². The maximum Gasteiger partial charge on any atom is 0.258 e. The van der Waals surface area contributed by atoms with Crippen LogP contribution in [0.3, 0.4) is 0 Å². The molecule has 1 amide bonds. The van der Waals surface area contributed by atoms with Gasteiger partial charge in [0.25, 0.3) is 5.91 Å². The first-order valence-corrected chi connectivity index (χ1v) is 11.6. The van der Waals surface area contributed by atoms with Gasteiger partial charge in [0.1, 0.15) is 5.65 Å². The van der Waals surface area contributed by atoms with E-state index in [4.69, 9.17) is 0 Å². The highest BCUT2D eigenvalue weighted by molar-refractivity contribution is 8.04. The lowest BCUT2D eigenvalue weighted by Crippen LogP contribution is -2.28. The molecule has 2 aliphatic heterocycles. The number of nitrogens with one attached hydrogen (secondary N) is 1. The van der Waals surface area contributed by atoms with Crippen LogP contribution in [-0.4, -0.2) is 44.7 Å². The molecule has 0 spiro atoms. The van der Waals surface area contributed by atoms with Crippen LogP contribution in [0.2, 0.25) is 0 Å². The number of hydrogen-bond acceptors (Lipinski definition) is 5. The molecule has 0 atom stereocenters. The topological polar surface area (TPSA) is 52.9 Å². The van der Waals surface area contributed by atoms with Crippen molar-refractivity contribution in [2.24, 2.45) is 0 Å². The van der Waals surface area contributed by atoms with Crippen molar-refractivity contribution in [3.05, 3.63) is 95.6 Å². The number of hydrogen-bond donors (Lipinski definition) is 1. The maximum atomic E-state index is 12.7. The molecular formula is C25H25N5OS. The van der Waals surface area contributed by atoms with E-state index in [1.165, 1.54) is 17.3 Å². The molecule has 6 nitrogen and oxygen atoms in total. The summed E-state index contributed by atoms with van der Waals surface area (Å²) in [6.45, 7) is 3.25. The van der Waals surface area contributed by atoms with Gasteiger partial charge in [-0.2, -0.15) is 0 Å². The SMILES string of the molecule is O=C(NCCCN1C=CN(Cc2ccccc2)C=CC1)C1=Cc2cnc3cccc(n23)S1. The summed E-state index contributed by atoms with van der Waals surface area (Å²) in [7, 11) is 0. The molecule has 32 heavy (non-hydrogen) atoms. The van der Waals surface area contributed by atoms with Gasteiger partial charge < -0.3 is 15.1 Å². The third kappa shape index (κ3) is 4.57. The number of aromatic nitrogens is 2. The minimum Gasteiger partial charge on any atom is -0.372 e. The average molecular weight is 444 g/mol. The van der Waals surface area contributed by atoms with Crippen molar-refractivity contribution in [1.29, 1.82) is 0 Å². The highest BCUT2D eigenvalue weighted by Crippen LogP contribution is 2.34. The van der Waals surface area contributed by atoms with Crippen LogP contribution in [0.4, 0.5) is 0 Å². The number of benzene rings is 1. The first-order chi connectivity index (χ1) is 15.8. The summed E-state index contributed by atoms with van der Waals surface area (Å²) < 4.78 is 2.07. The van der Waals surface area contributed by atoms with Crippen LogP contribution in [-0.2, 0) is 11.3 Å². The number of thioether (sulfide) groups is 1. The molecule has 0 fully saturated rings. The molecular weight excluding hydrogens is 418 g/mol. The zero-order valence-corrected chi connectivity index (χ0v) is 18.5. The number of nitrogens with zero attached hydrogens (tertiary/aromatic N) is 4. The Morgan fingerprint density at radius 1 is 1.06 bits per heavy atom. The summed E-state index contributed by atoms with van der Waals surface area (Å²) in [5.41, 5.74) is 3.13. The van der Waals surface area contributed by atoms with E-state index in [-0.39, 0.29) is 5.91 Å². The standard InChI is InChI=1S/C25H25N5OS/c31-25(22-17-21-18-27-23-9-4-10-24(32-22)30(21)23)26-11-5-12-28-13-6-14-29(16-15-28)19-20-7-2-1-3-8-20/h1-4,6-10,14-18H,5,11-13,19H2,(H,26,31). The average Bonchev–Trinajstić information content (AvgIpc) is 3.11. The Bertz CT molecular complexity index is 1200. The summed E-state index contributed by atoms with van der Waals surface area (Å²) in [4.78, 5) is 22.3. The summed E-state index contributed by atoms with van der Waals surface area (Å²) in [6.07, 6.45) is 13.2. The zero-order valence-electron chi connectivity index (χ0n) is 17.7. The fourth-order valence-corrected chi connectivity index (χ4v) is 4.85. The van der Waals surface area contributed by atoms with E-state index in [2.05, 4.69) is 73.4 Å². The first kappa shape index (κ1) is 20.5. The van der Waals surface area contributed by atoms with Crippen molar-refractivity contribution >= 4 is 29.4 Å². The number of pyridine rings is 1. The van der Waals surface area contributed by atoms with Crippen LogP contribution >= 0.6 is 11.8 Å². The molecule has 3 aromatic rings. The van der Waals surface area contributed by atoms with Gasteiger partial charge in [0.2, 0.25) is 0 Å². The van der Waals surface area contributed by atoms with Gasteiger partial charge in [-0.15, -0.1) is 0 Å². The van der Waals surface area contributed by atoms with E-state index in [0.717, 1.165) is 42.4 Å². The van der Waals surface area contributed by atoms with Crippen LogP contribution in [0.25, 0.3) is 11.7 Å². The number of amides is 1. The van der Waals surface area contributed by atoms with E-state index >= 15 is 0 Å². The van der Waals surface area contributed by atoms with E-state index in [1.807, 2.05) is 36.5 Å². The highest BCUT2D eigenvalue weighted by atomic mass is 32.2. The lowest BCUT2D eigenvalue weighted by Gasteiger charge is -2.18. The van der Waals surface area contributed by atoms with Crippen molar-refractivity contribution in [1.82, 2.24) is 24.5 Å². The lowest BCUT2D eigenvalue weighted by molar-refractivity contribution is -0.116. The van der Waals surface area contributed by atoms with E-state index in [1.54, 1.807) is 0 Å². The Morgan fingerprint density at radius 2 is 1.97 bits per heavy atom. The van der Waals surface area contributed by atoms with Gasteiger partial charge >= 0.3 is 0 Å². The second-order valence-electron chi connectivity index (χ2n) is 7.80. The van der Waals surface area contributed by atoms with E-state index < -0.39 is 0 Å². The van der Waals surface area contributed by atoms with Crippen LogP contribution < -0.4 is 5.32 Å². The molecule has 2 aromatic heterocycles. The van der Waals surface area contributed by atoms with Gasteiger partial charge in [0.05, 0.1) is 21.8 Å². The molecule has 0 saturated carbocycles. The predicted octanol–water partition coefficient (Wildman–Crippen LogP) is 4.09. The Kier molecular flexibility index (Phi) is 5.98. The third-order valence-corrected chi connectivity index (χ3v) is 6.51. The molecule has 7 heteroatoms. The maximum absolute atomic E-state index is 12.7. The predicted molar refractivity (Wildman–Crippen MR) is 128 cm³/mol. The molecule has 0 aliphatic carbocycles. The summed E-state index contributed by atoms with van der Waals surface area (Å²) in [5, 5.41) is 4.08. The Balaban J connectivity index is 1.09. The minimum atomic E-state index is -0.0280. The Morgan fingerprint density at radius 3 is 2.88 bits per heavy atom. The van der Waals surface area contributed by atoms with Crippen LogP contribution in [0, 0.1) is 0 Å².